The Hall–Kier alpha value is -1.36. The number of piperidine rings is 1. The van der Waals surface area contributed by atoms with E-state index in [1.54, 1.807) is 6.08 Å². The summed E-state index contributed by atoms with van der Waals surface area (Å²) in [6.45, 7) is 12.0. The van der Waals surface area contributed by atoms with Crippen LogP contribution in [-0.4, -0.2) is 49.6 Å². The predicted octanol–water partition coefficient (Wildman–Crippen LogP) is 1.59. The number of rotatable bonds is 6. The van der Waals surface area contributed by atoms with Gasteiger partial charge in [0.1, 0.15) is 0 Å². The SMILES string of the molecule is C=CCOCCNC(=O)[C@@H]1CCCN(C(=O)C(C)(C)C)C1. The van der Waals surface area contributed by atoms with E-state index in [1.165, 1.54) is 0 Å². The first kappa shape index (κ1) is 17.7. The Morgan fingerprint density at radius 2 is 2.14 bits per heavy atom. The van der Waals surface area contributed by atoms with E-state index in [2.05, 4.69) is 11.9 Å². The van der Waals surface area contributed by atoms with Gasteiger partial charge in [0.15, 0.2) is 0 Å². The molecule has 1 heterocycles. The summed E-state index contributed by atoms with van der Waals surface area (Å²) in [5.74, 6) is 0.0300. The Morgan fingerprint density at radius 3 is 2.76 bits per heavy atom. The third kappa shape index (κ3) is 5.87. The minimum atomic E-state index is -0.392. The van der Waals surface area contributed by atoms with Crippen molar-refractivity contribution in [3.05, 3.63) is 12.7 Å². The molecule has 0 radical (unpaired) electrons. The van der Waals surface area contributed by atoms with E-state index < -0.39 is 5.41 Å². The molecule has 5 nitrogen and oxygen atoms in total. The summed E-state index contributed by atoms with van der Waals surface area (Å²) in [6.07, 6.45) is 3.40. The first-order valence-electron chi connectivity index (χ1n) is 7.62. The third-order valence-corrected chi connectivity index (χ3v) is 3.50. The minimum absolute atomic E-state index is 0.0172. The number of hydrogen-bond acceptors (Lipinski definition) is 3. The summed E-state index contributed by atoms with van der Waals surface area (Å²) in [5, 5.41) is 2.87. The number of nitrogens with one attached hydrogen (secondary N) is 1. The molecule has 1 saturated heterocycles. The molecule has 120 valence electrons. The average Bonchev–Trinajstić information content (AvgIpc) is 2.45. The van der Waals surface area contributed by atoms with Crippen molar-refractivity contribution < 1.29 is 14.3 Å². The molecule has 2 amide bonds. The van der Waals surface area contributed by atoms with Gasteiger partial charge in [0, 0.05) is 25.0 Å². The first-order valence-corrected chi connectivity index (χ1v) is 7.62. The Bertz CT molecular complexity index is 374. The van der Waals surface area contributed by atoms with Crippen molar-refractivity contribution in [2.45, 2.75) is 33.6 Å². The van der Waals surface area contributed by atoms with Gasteiger partial charge in [-0.25, -0.2) is 0 Å². The lowest BCUT2D eigenvalue weighted by Crippen LogP contribution is -2.49. The molecule has 21 heavy (non-hydrogen) atoms. The van der Waals surface area contributed by atoms with Gasteiger partial charge in [0.2, 0.25) is 11.8 Å². The summed E-state index contributed by atoms with van der Waals surface area (Å²) in [4.78, 5) is 26.2. The zero-order valence-electron chi connectivity index (χ0n) is 13.5. The number of likely N-dealkylation sites (tertiary alicyclic amines) is 1. The van der Waals surface area contributed by atoms with E-state index in [1.807, 2.05) is 25.7 Å². The fourth-order valence-corrected chi connectivity index (χ4v) is 2.41. The van der Waals surface area contributed by atoms with Crippen LogP contribution in [0.1, 0.15) is 33.6 Å². The maximum absolute atomic E-state index is 12.3. The van der Waals surface area contributed by atoms with E-state index in [0.29, 0.717) is 26.3 Å². The number of carbonyl (C=O) groups excluding carboxylic acids is 2. The Labute approximate surface area is 127 Å². The van der Waals surface area contributed by atoms with Crippen LogP contribution in [0, 0.1) is 11.3 Å². The molecule has 0 aliphatic carbocycles. The highest BCUT2D eigenvalue weighted by atomic mass is 16.5. The zero-order chi connectivity index (χ0) is 15.9. The topological polar surface area (TPSA) is 58.6 Å². The summed E-state index contributed by atoms with van der Waals surface area (Å²) in [7, 11) is 0. The predicted molar refractivity (Wildman–Crippen MR) is 82.8 cm³/mol. The summed E-state index contributed by atoms with van der Waals surface area (Å²) >= 11 is 0. The lowest BCUT2D eigenvalue weighted by atomic mass is 9.91. The van der Waals surface area contributed by atoms with Crippen LogP contribution in [0.25, 0.3) is 0 Å². The molecule has 0 bridgehead atoms. The molecule has 0 saturated carbocycles. The van der Waals surface area contributed by atoms with Gasteiger partial charge in [0.25, 0.3) is 0 Å². The molecule has 5 heteroatoms. The molecule has 1 aliphatic heterocycles. The highest BCUT2D eigenvalue weighted by Gasteiger charge is 2.33. The molecule has 1 aliphatic rings. The second-order valence-corrected chi connectivity index (χ2v) is 6.49. The fraction of sp³-hybridized carbons (Fsp3) is 0.750. The van der Waals surface area contributed by atoms with Crippen molar-refractivity contribution in [3.8, 4) is 0 Å². The molecule has 0 aromatic heterocycles. The maximum atomic E-state index is 12.3. The van der Waals surface area contributed by atoms with Crippen LogP contribution >= 0.6 is 0 Å². The molecule has 0 aromatic rings. The van der Waals surface area contributed by atoms with Gasteiger partial charge in [-0.3, -0.25) is 9.59 Å². The Kier molecular flexibility index (Phi) is 6.89. The second-order valence-electron chi connectivity index (χ2n) is 6.49. The number of carbonyl (C=O) groups is 2. The molecule has 1 fully saturated rings. The van der Waals surface area contributed by atoms with Gasteiger partial charge in [-0.05, 0) is 12.8 Å². The van der Waals surface area contributed by atoms with Gasteiger partial charge in [0.05, 0.1) is 19.1 Å². The lowest BCUT2D eigenvalue weighted by Gasteiger charge is -2.35. The van der Waals surface area contributed by atoms with Gasteiger partial charge < -0.3 is 15.0 Å². The van der Waals surface area contributed by atoms with Crippen molar-refractivity contribution in [1.82, 2.24) is 10.2 Å². The molecule has 1 rings (SSSR count). The van der Waals surface area contributed by atoms with Crippen molar-refractivity contribution in [2.24, 2.45) is 11.3 Å². The largest absolute Gasteiger partial charge is 0.376 e. The van der Waals surface area contributed by atoms with Crippen LogP contribution in [0.2, 0.25) is 0 Å². The van der Waals surface area contributed by atoms with E-state index in [-0.39, 0.29) is 17.7 Å². The van der Waals surface area contributed by atoms with E-state index in [9.17, 15) is 9.59 Å². The van der Waals surface area contributed by atoms with Crippen LogP contribution in [0.3, 0.4) is 0 Å². The van der Waals surface area contributed by atoms with Crippen LogP contribution in [0.5, 0.6) is 0 Å². The maximum Gasteiger partial charge on any atom is 0.227 e. The molecular weight excluding hydrogens is 268 g/mol. The molecular formula is C16H28N2O3. The minimum Gasteiger partial charge on any atom is -0.376 e. The van der Waals surface area contributed by atoms with Crippen molar-refractivity contribution in [3.63, 3.8) is 0 Å². The molecule has 0 aromatic carbocycles. The summed E-state index contributed by atoms with van der Waals surface area (Å²) in [6, 6.07) is 0. The smallest absolute Gasteiger partial charge is 0.227 e. The summed E-state index contributed by atoms with van der Waals surface area (Å²) in [5.41, 5.74) is -0.392. The lowest BCUT2D eigenvalue weighted by molar-refractivity contribution is -0.142. The molecule has 0 spiro atoms. The van der Waals surface area contributed by atoms with Crippen LogP contribution in [-0.2, 0) is 14.3 Å². The monoisotopic (exact) mass is 296 g/mol. The number of ether oxygens (including phenoxy) is 1. The number of nitrogens with zero attached hydrogens (tertiary/aromatic N) is 1. The quantitative estimate of drug-likeness (QED) is 0.598. The van der Waals surface area contributed by atoms with Gasteiger partial charge in [-0.1, -0.05) is 26.8 Å². The average molecular weight is 296 g/mol. The normalized spacial score (nSPS) is 19.2. The Morgan fingerprint density at radius 1 is 1.43 bits per heavy atom. The van der Waals surface area contributed by atoms with E-state index in [0.717, 1.165) is 19.4 Å². The van der Waals surface area contributed by atoms with Crippen LogP contribution in [0.4, 0.5) is 0 Å². The molecule has 1 atom stereocenters. The van der Waals surface area contributed by atoms with Gasteiger partial charge in [-0.2, -0.15) is 0 Å². The molecule has 0 unspecified atom stereocenters. The first-order chi connectivity index (χ1) is 9.86. The Balaban J connectivity index is 2.39. The van der Waals surface area contributed by atoms with Crippen molar-refractivity contribution >= 4 is 11.8 Å². The summed E-state index contributed by atoms with van der Waals surface area (Å²) < 4.78 is 5.23. The van der Waals surface area contributed by atoms with E-state index >= 15 is 0 Å². The third-order valence-electron chi connectivity index (χ3n) is 3.50. The zero-order valence-corrected chi connectivity index (χ0v) is 13.5. The van der Waals surface area contributed by atoms with Crippen LogP contribution < -0.4 is 5.32 Å². The van der Waals surface area contributed by atoms with Crippen molar-refractivity contribution in [2.75, 3.05) is 32.8 Å². The fourth-order valence-electron chi connectivity index (χ4n) is 2.41. The highest BCUT2D eigenvalue weighted by molar-refractivity contribution is 5.83. The second kappa shape index (κ2) is 8.17. The van der Waals surface area contributed by atoms with Gasteiger partial charge >= 0.3 is 0 Å². The van der Waals surface area contributed by atoms with Crippen LogP contribution in [0.15, 0.2) is 12.7 Å². The number of amides is 2. The van der Waals surface area contributed by atoms with E-state index in [4.69, 9.17) is 4.74 Å². The highest BCUT2D eigenvalue weighted by Crippen LogP contribution is 2.23. The van der Waals surface area contributed by atoms with Crippen molar-refractivity contribution in [1.29, 1.82) is 0 Å². The standard InChI is InChI=1S/C16H28N2O3/c1-5-10-21-11-8-17-14(19)13-7-6-9-18(12-13)15(20)16(2,3)4/h5,13H,1,6-12H2,2-4H3,(H,17,19)/t13-/m1/s1. The van der Waals surface area contributed by atoms with Gasteiger partial charge in [-0.15, -0.1) is 6.58 Å². The molecule has 1 N–H and O–H groups in total. The number of hydrogen-bond donors (Lipinski definition) is 1.